The molecular formula is C23H23NO8. The number of hydrogen-bond donors (Lipinski definition) is 0. The fourth-order valence-electron chi connectivity index (χ4n) is 4.59. The van der Waals surface area contributed by atoms with Gasteiger partial charge in [-0.25, -0.2) is 0 Å². The van der Waals surface area contributed by atoms with Crippen LogP contribution in [0.5, 0.6) is 23.0 Å². The second-order valence-electron chi connectivity index (χ2n) is 8.07. The van der Waals surface area contributed by atoms with Crippen LogP contribution < -0.4 is 18.9 Å². The molecule has 1 heterocycles. The number of ketones is 1. The zero-order chi connectivity index (χ0) is 23.4. The van der Waals surface area contributed by atoms with Crippen LogP contribution in [0, 0.1) is 5.21 Å². The van der Waals surface area contributed by atoms with Gasteiger partial charge in [0.15, 0.2) is 23.0 Å². The molecule has 0 radical (unpaired) electrons. The van der Waals surface area contributed by atoms with Crippen molar-refractivity contribution in [3.8, 4) is 34.1 Å². The predicted molar refractivity (Wildman–Crippen MR) is 113 cm³/mol. The van der Waals surface area contributed by atoms with E-state index in [1.165, 1.54) is 41.2 Å². The zero-order valence-electron chi connectivity index (χ0n) is 18.4. The van der Waals surface area contributed by atoms with Crippen LogP contribution in [0.1, 0.15) is 41.4 Å². The highest BCUT2D eigenvalue weighted by atomic mass is 16.6. The Balaban J connectivity index is 2.09. The largest absolute Gasteiger partial charge is 0.632 e. The van der Waals surface area contributed by atoms with Gasteiger partial charge < -0.3 is 28.8 Å². The summed E-state index contributed by atoms with van der Waals surface area (Å²) in [5.41, 5.74) is 2.75. The summed E-state index contributed by atoms with van der Waals surface area (Å²) in [6.45, 7) is 2.29. The predicted octanol–water partition coefficient (Wildman–Crippen LogP) is 2.96. The first-order chi connectivity index (χ1) is 15.1. The van der Waals surface area contributed by atoms with E-state index in [4.69, 9.17) is 18.9 Å². The Morgan fingerprint density at radius 3 is 2.19 bits per heavy atom. The molecule has 0 amide bonds. The van der Waals surface area contributed by atoms with Gasteiger partial charge in [0.25, 0.3) is 0 Å². The molecule has 0 bridgehead atoms. The fourth-order valence-corrected chi connectivity index (χ4v) is 4.59. The maximum atomic E-state index is 13.4. The average Bonchev–Trinajstić information content (AvgIpc) is 2.69. The number of carbonyl (C=O) groups is 3. The van der Waals surface area contributed by atoms with Crippen LogP contribution in [-0.2, 0) is 16.0 Å². The van der Waals surface area contributed by atoms with Crippen molar-refractivity contribution in [3.63, 3.8) is 0 Å². The summed E-state index contributed by atoms with van der Waals surface area (Å²) in [5, 5.41) is 13.4. The number of hydroxylamine groups is 3. The monoisotopic (exact) mass is 441 g/mol. The summed E-state index contributed by atoms with van der Waals surface area (Å²) >= 11 is 0. The van der Waals surface area contributed by atoms with E-state index in [0.29, 0.717) is 34.4 Å². The van der Waals surface area contributed by atoms with Crippen molar-refractivity contribution in [1.82, 2.24) is 0 Å². The van der Waals surface area contributed by atoms with E-state index in [2.05, 4.69) is 0 Å². The number of benzene rings is 2. The summed E-state index contributed by atoms with van der Waals surface area (Å²) in [7, 11) is 4.33. The van der Waals surface area contributed by atoms with Gasteiger partial charge in [-0.05, 0) is 29.3 Å². The maximum Gasteiger partial charge on any atom is 0.308 e. The minimum Gasteiger partial charge on any atom is -0.632 e. The molecule has 0 fully saturated rings. The van der Waals surface area contributed by atoms with E-state index in [-0.39, 0.29) is 29.6 Å². The molecule has 4 rings (SSSR count). The van der Waals surface area contributed by atoms with Crippen molar-refractivity contribution in [2.75, 3.05) is 27.8 Å². The van der Waals surface area contributed by atoms with E-state index in [1.807, 2.05) is 0 Å². The van der Waals surface area contributed by atoms with Crippen molar-refractivity contribution in [1.29, 1.82) is 0 Å². The third-order valence-electron chi connectivity index (χ3n) is 5.82. The normalized spacial score (nSPS) is 20.7. The average molecular weight is 441 g/mol. The van der Waals surface area contributed by atoms with Gasteiger partial charge in [0.2, 0.25) is 5.78 Å². The maximum absolute atomic E-state index is 13.4. The number of nitrogens with zero attached hydrogens (tertiary/aromatic N) is 1. The highest BCUT2D eigenvalue weighted by Crippen LogP contribution is 2.55. The quantitative estimate of drug-likeness (QED) is 0.308. The molecule has 1 aliphatic carbocycles. The number of quaternary nitrogens is 1. The van der Waals surface area contributed by atoms with Crippen LogP contribution in [-0.4, -0.2) is 50.2 Å². The van der Waals surface area contributed by atoms with E-state index in [9.17, 15) is 19.6 Å². The van der Waals surface area contributed by atoms with Gasteiger partial charge in [0, 0.05) is 37.0 Å². The smallest absolute Gasteiger partial charge is 0.308 e. The second kappa shape index (κ2) is 7.61. The molecule has 1 unspecified atom stereocenters. The lowest BCUT2D eigenvalue weighted by molar-refractivity contribution is -0.885. The fraction of sp³-hybridized carbons (Fsp3) is 0.348. The molecule has 1 aliphatic heterocycles. The second-order valence-corrected chi connectivity index (χ2v) is 8.07. The topological polar surface area (TPSA) is 111 Å². The zero-order valence-corrected chi connectivity index (χ0v) is 18.4. The van der Waals surface area contributed by atoms with Crippen LogP contribution in [0.3, 0.4) is 0 Å². The molecule has 0 aromatic heterocycles. The highest BCUT2D eigenvalue weighted by molar-refractivity contribution is 6.04. The Labute approximate surface area is 184 Å². The Kier molecular flexibility index (Phi) is 5.18. The molecule has 32 heavy (non-hydrogen) atoms. The van der Waals surface area contributed by atoms with E-state index >= 15 is 0 Å². The highest BCUT2D eigenvalue weighted by Gasteiger charge is 2.45. The van der Waals surface area contributed by atoms with Crippen molar-refractivity contribution >= 4 is 17.7 Å². The molecule has 0 saturated heterocycles. The van der Waals surface area contributed by atoms with Gasteiger partial charge in [-0.3, -0.25) is 14.4 Å². The number of likely N-dealkylation sites (N-methyl/N-ethyl adjacent to an activating group) is 1. The van der Waals surface area contributed by atoms with Crippen LogP contribution in [0.25, 0.3) is 11.1 Å². The lowest BCUT2D eigenvalue weighted by Crippen LogP contribution is -2.51. The van der Waals surface area contributed by atoms with Crippen molar-refractivity contribution in [2.45, 2.75) is 26.3 Å². The Bertz CT molecular complexity index is 1170. The van der Waals surface area contributed by atoms with E-state index in [1.54, 1.807) is 12.1 Å². The van der Waals surface area contributed by atoms with Crippen molar-refractivity contribution in [3.05, 3.63) is 40.1 Å². The van der Waals surface area contributed by atoms with E-state index < -0.39 is 22.6 Å². The number of fused-ring (bicyclic) bond motifs is 2. The standard InChI is InChI=1S/C23H23NO8/c1-11(25)31-19-7-13-6-16-21-15(17(27)10-24(16,3)28)9-20(32-12(2)26)23(30-5)22(21)14(13)8-18(19)29-4/h7-9,16H,6,10H2,1-5H3/t16-,24?/m0/s1. The number of ether oxygens (including phenoxy) is 4. The number of Topliss-reactive ketones (excluding diaryl/α,β-unsaturated/α-hetero) is 1. The van der Waals surface area contributed by atoms with Gasteiger partial charge in [0.05, 0.1) is 21.3 Å². The SMILES string of the molecule is COc1cc2c(cc1OC(C)=O)C[C@H]1c3c(cc(OC(C)=O)c(OC)c3-2)C(=O)C[N+]1(C)[O-]. The van der Waals surface area contributed by atoms with Crippen LogP contribution in [0.2, 0.25) is 0 Å². The lowest BCUT2D eigenvalue weighted by Gasteiger charge is -2.50. The minimum atomic E-state index is -0.788. The van der Waals surface area contributed by atoms with E-state index in [0.717, 1.165) is 5.56 Å². The van der Waals surface area contributed by atoms with Gasteiger partial charge in [0.1, 0.15) is 12.6 Å². The molecule has 0 spiro atoms. The first kappa shape index (κ1) is 21.8. The summed E-state index contributed by atoms with van der Waals surface area (Å²) in [6, 6.07) is 4.22. The molecule has 0 saturated carbocycles. The Morgan fingerprint density at radius 2 is 1.59 bits per heavy atom. The molecule has 2 aromatic rings. The van der Waals surface area contributed by atoms with Crippen LogP contribution in [0.4, 0.5) is 0 Å². The van der Waals surface area contributed by atoms with Crippen LogP contribution >= 0.6 is 0 Å². The molecule has 2 aliphatic rings. The summed E-state index contributed by atoms with van der Waals surface area (Å²) in [5.74, 6) is -0.557. The first-order valence-corrected chi connectivity index (χ1v) is 9.99. The molecular weight excluding hydrogens is 418 g/mol. The van der Waals surface area contributed by atoms with Gasteiger partial charge in [-0.2, -0.15) is 0 Å². The Hall–Kier alpha value is -3.43. The molecule has 2 atom stereocenters. The van der Waals surface area contributed by atoms with Gasteiger partial charge in [-0.1, -0.05) is 0 Å². The third kappa shape index (κ3) is 3.39. The minimum absolute atomic E-state index is 0.0960. The lowest BCUT2D eigenvalue weighted by atomic mass is 9.76. The summed E-state index contributed by atoms with van der Waals surface area (Å²) in [6.07, 6.45) is 0.316. The van der Waals surface area contributed by atoms with Crippen molar-refractivity contribution in [2.24, 2.45) is 0 Å². The number of carbonyl (C=O) groups excluding carboxylic acids is 3. The Morgan fingerprint density at radius 1 is 0.969 bits per heavy atom. The molecule has 2 aromatic carbocycles. The number of methoxy groups -OCH3 is 2. The molecule has 9 heteroatoms. The molecule has 0 N–H and O–H groups in total. The summed E-state index contributed by atoms with van der Waals surface area (Å²) < 4.78 is 20.9. The van der Waals surface area contributed by atoms with Crippen molar-refractivity contribution < 1.29 is 38.0 Å². The van der Waals surface area contributed by atoms with Crippen LogP contribution in [0.15, 0.2) is 18.2 Å². The number of esters is 2. The van der Waals surface area contributed by atoms with Gasteiger partial charge >= 0.3 is 11.9 Å². The number of rotatable bonds is 4. The molecule has 9 nitrogen and oxygen atoms in total. The number of hydrogen-bond acceptors (Lipinski definition) is 8. The van der Waals surface area contributed by atoms with Gasteiger partial charge in [-0.15, -0.1) is 0 Å². The summed E-state index contributed by atoms with van der Waals surface area (Å²) in [4.78, 5) is 36.2. The first-order valence-electron chi connectivity index (χ1n) is 9.99. The molecule has 168 valence electrons. The third-order valence-corrected chi connectivity index (χ3v) is 5.82.